The van der Waals surface area contributed by atoms with Crippen molar-refractivity contribution in [2.75, 3.05) is 67.7 Å². The number of aromatic nitrogens is 3. The summed E-state index contributed by atoms with van der Waals surface area (Å²) >= 11 is 12.7. The van der Waals surface area contributed by atoms with Crippen molar-refractivity contribution in [2.45, 2.75) is 51.2 Å². The van der Waals surface area contributed by atoms with Crippen LogP contribution in [0.25, 0.3) is 0 Å². The number of aliphatic hydroxyl groups excluding tert-OH is 1. The Morgan fingerprint density at radius 1 is 1.02 bits per heavy atom. The highest BCUT2D eigenvalue weighted by atomic mass is 35.5. The first-order valence-electron chi connectivity index (χ1n) is 17.4. The number of aliphatic hydroxyl groups is 1. The number of nitrogens with zero attached hydrogens (tertiary/aromatic N) is 6. The first-order valence-corrected chi connectivity index (χ1v) is 18.2. The minimum atomic E-state index is -1.16. The number of carbonyl (C=O) groups is 1. The zero-order valence-corrected chi connectivity index (χ0v) is 30.5. The molecule has 2 fully saturated rings. The molecule has 3 aromatic carbocycles. The van der Waals surface area contributed by atoms with Gasteiger partial charge >= 0.3 is 6.03 Å². The van der Waals surface area contributed by atoms with Gasteiger partial charge in [0.15, 0.2) is 0 Å². The lowest BCUT2D eigenvalue weighted by atomic mass is 10.1. The Morgan fingerprint density at radius 2 is 1.69 bits per heavy atom. The molecule has 4 aromatic rings. The van der Waals surface area contributed by atoms with Crippen molar-refractivity contribution in [1.29, 1.82) is 0 Å². The third-order valence-electron chi connectivity index (χ3n) is 9.42. The van der Waals surface area contributed by atoms with Gasteiger partial charge in [0.1, 0.15) is 37.7 Å². The fraction of sp³-hybridized carbons (Fsp3) is 0.432. The normalized spacial score (nSPS) is 19.1. The first-order chi connectivity index (χ1) is 24.8. The highest BCUT2D eigenvalue weighted by molar-refractivity contribution is 6.35. The average molecular weight is 739 g/mol. The molecule has 2 N–H and O–H groups in total. The summed E-state index contributed by atoms with van der Waals surface area (Å²) in [6, 6.07) is 21.3. The van der Waals surface area contributed by atoms with E-state index in [1.54, 1.807) is 28.0 Å². The Labute approximate surface area is 308 Å². The van der Waals surface area contributed by atoms with Crippen LogP contribution in [0.3, 0.4) is 0 Å². The predicted molar refractivity (Wildman–Crippen MR) is 199 cm³/mol. The molecule has 2 aliphatic heterocycles. The number of nitrogens with one attached hydrogen (secondary N) is 1. The minimum Gasteiger partial charge on any atom is -0.491 e. The van der Waals surface area contributed by atoms with E-state index in [-0.39, 0.29) is 31.3 Å². The lowest BCUT2D eigenvalue weighted by molar-refractivity contribution is -0.190. The van der Waals surface area contributed by atoms with E-state index in [0.29, 0.717) is 35.4 Å². The average Bonchev–Trinajstić information content (AvgIpc) is 3.82. The lowest BCUT2D eigenvalue weighted by Gasteiger charge is -2.37. The van der Waals surface area contributed by atoms with Gasteiger partial charge in [0.2, 0.25) is 5.79 Å². The zero-order valence-electron chi connectivity index (χ0n) is 29.0. The Morgan fingerprint density at radius 3 is 2.27 bits per heavy atom. The summed E-state index contributed by atoms with van der Waals surface area (Å²) in [5.74, 6) is -0.423. The van der Waals surface area contributed by atoms with Crippen molar-refractivity contribution >= 4 is 46.3 Å². The summed E-state index contributed by atoms with van der Waals surface area (Å²) in [5, 5.41) is 17.7. The minimum absolute atomic E-state index is 0.0608. The summed E-state index contributed by atoms with van der Waals surface area (Å²) in [4.78, 5) is 23.4. The van der Waals surface area contributed by atoms with Crippen molar-refractivity contribution in [3.05, 3.63) is 95.0 Å². The number of carbonyl (C=O) groups excluding carboxylic acids is 1. The quantitative estimate of drug-likeness (QED) is 0.154. The summed E-state index contributed by atoms with van der Waals surface area (Å²) in [6.07, 6.45) is 4.41. The molecule has 2 unspecified atom stereocenters. The van der Waals surface area contributed by atoms with E-state index in [2.05, 4.69) is 51.2 Å². The second-order valence-electron chi connectivity index (χ2n) is 12.7. The number of halogens is 2. The molecule has 0 saturated carbocycles. The van der Waals surface area contributed by atoms with Crippen LogP contribution in [0.15, 0.2) is 79.4 Å². The van der Waals surface area contributed by atoms with E-state index in [1.165, 1.54) is 6.33 Å². The highest BCUT2D eigenvalue weighted by Crippen LogP contribution is 2.40. The molecular formula is C37H45Cl2N7O5. The van der Waals surface area contributed by atoms with Crippen LogP contribution in [0.2, 0.25) is 10.0 Å². The van der Waals surface area contributed by atoms with Gasteiger partial charge in [0, 0.05) is 66.4 Å². The zero-order chi connectivity index (χ0) is 35.8. The predicted octanol–water partition coefficient (Wildman–Crippen LogP) is 6.27. The van der Waals surface area contributed by atoms with Crippen LogP contribution < -0.4 is 19.9 Å². The number of ether oxygens (including phenoxy) is 3. The molecule has 6 rings (SSSR count). The molecule has 2 atom stereocenters. The smallest absolute Gasteiger partial charge is 0.322 e. The SMILES string of the molecule is CCC(CC)N(CCO)C(=O)Nc1ccc(N2CCN(c3ccc(OCC4COC(Cn5cncn5)(c5ccc(Cl)cc5Cl)O4)cc3)CC2)cc1. The van der Waals surface area contributed by atoms with Gasteiger partial charge in [0.25, 0.3) is 0 Å². The molecule has 2 amide bonds. The van der Waals surface area contributed by atoms with Crippen molar-refractivity contribution in [3.63, 3.8) is 0 Å². The Hall–Kier alpha value is -4.07. The van der Waals surface area contributed by atoms with Crippen LogP contribution in [0.4, 0.5) is 21.9 Å². The molecular weight excluding hydrogens is 693 g/mol. The highest BCUT2D eigenvalue weighted by Gasteiger charge is 2.45. The number of hydrogen-bond acceptors (Lipinski definition) is 9. The lowest BCUT2D eigenvalue weighted by Crippen LogP contribution is -2.46. The van der Waals surface area contributed by atoms with Crippen LogP contribution in [0.5, 0.6) is 5.75 Å². The van der Waals surface area contributed by atoms with E-state index in [0.717, 1.165) is 61.8 Å². The van der Waals surface area contributed by atoms with Crippen LogP contribution in [0.1, 0.15) is 32.3 Å². The molecule has 2 saturated heterocycles. The molecule has 14 heteroatoms. The van der Waals surface area contributed by atoms with E-state index in [1.807, 2.05) is 42.5 Å². The standard InChI is InChI=1S/C37H45Cl2N7O5/c1-3-29(4-2)46(19-20-47)36(48)42-28-6-8-30(9-7-28)43-15-17-44(18-16-43)31-10-12-32(13-11-31)49-22-33-23-50-37(51-33,24-45-26-40-25-41-45)34-14-5-27(38)21-35(34)39/h5-14,21,25-26,29,33,47H,3-4,15-20,22-24H2,1-2H3,(H,42,48). The fourth-order valence-electron chi connectivity index (χ4n) is 6.69. The van der Waals surface area contributed by atoms with Gasteiger partial charge in [-0.3, -0.25) is 0 Å². The molecule has 0 bridgehead atoms. The number of urea groups is 1. The van der Waals surface area contributed by atoms with Gasteiger partial charge in [0.05, 0.1) is 18.2 Å². The molecule has 0 aliphatic carbocycles. The van der Waals surface area contributed by atoms with Gasteiger partial charge in [-0.05, 0) is 73.5 Å². The van der Waals surface area contributed by atoms with E-state index >= 15 is 0 Å². The van der Waals surface area contributed by atoms with Crippen molar-refractivity contribution in [2.24, 2.45) is 0 Å². The topological polar surface area (TPSA) is 117 Å². The number of rotatable bonds is 14. The van der Waals surface area contributed by atoms with Crippen LogP contribution in [-0.2, 0) is 21.8 Å². The van der Waals surface area contributed by atoms with Crippen LogP contribution in [-0.4, -0.2) is 95.5 Å². The van der Waals surface area contributed by atoms with Gasteiger partial charge in [-0.1, -0.05) is 43.1 Å². The maximum Gasteiger partial charge on any atom is 0.322 e. The van der Waals surface area contributed by atoms with Crippen molar-refractivity contribution in [3.8, 4) is 5.75 Å². The third-order valence-corrected chi connectivity index (χ3v) is 9.97. The van der Waals surface area contributed by atoms with Gasteiger partial charge in [-0.25, -0.2) is 14.5 Å². The molecule has 12 nitrogen and oxygen atoms in total. The Kier molecular flexibility index (Phi) is 12.2. The van der Waals surface area contributed by atoms with Gasteiger partial charge < -0.3 is 39.3 Å². The largest absolute Gasteiger partial charge is 0.491 e. The first kappa shape index (κ1) is 36.7. The molecule has 272 valence electrons. The van der Waals surface area contributed by atoms with Gasteiger partial charge in [-0.15, -0.1) is 0 Å². The molecule has 1 aromatic heterocycles. The number of anilines is 3. The van der Waals surface area contributed by atoms with E-state index in [9.17, 15) is 9.90 Å². The summed E-state index contributed by atoms with van der Waals surface area (Å²) in [7, 11) is 0. The van der Waals surface area contributed by atoms with Crippen molar-refractivity contribution < 1.29 is 24.1 Å². The maximum atomic E-state index is 12.9. The number of benzene rings is 3. The molecule has 0 radical (unpaired) electrons. The Balaban J connectivity index is 0.989. The summed E-state index contributed by atoms with van der Waals surface area (Å²) in [6.45, 7) is 8.73. The van der Waals surface area contributed by atoms with Crippen LogP contribution >= 0.6 is 23.2 Å². The maximum absolute atomic E-state index is 12.9. The Bertz CT molecular complexity index is 1700. The number of piperazine rings is 1. The molecule has 2 aliphatic rings. The molecule has 3 heterocycles. The third kappa shape index (κ3) is 8.88. The number of amides is 2. The van der Waals surface area contributed by atoms with Crippen LogP contribution in [0, 0.1) is 0 Å². The van der Waals surface area contributed by atoms with E-state index < -0.39 is 5.79 Å². The monoisotopic (exact) mass is 737 g/mol. The molecule has 0 spiro atoms. The summed E-state index contributed by atoms with van der Waals surface area (Å²) in [5.41, 5.74) is 3.65. The van der Waals surface area contributed by atoms with E-state index in [4.69, 9.17) is 37.4 Å². The second kappa shape index (κ2) is 17.0. The molecule has 51 heavy (non-hydrogen) atoms. The number of hydrogen-bond donors (Lipinski definition) is 2. The second-order valence-corrected chi connectivity index (χ2v) is 13.5. The fourth-order valence-corrected chi connectivity index (χ4v) is 7.24. The van der Waals surface area contributed by atoms with Crippen molar-refractivity contribution in [1.82, 2.24) is 19.7 Å². The van der Waals surface area contributed by atoms with Gasteiger partial charge in [-0.2, -0.15) is 5.10 Å². The summed E-state index contributed by atoms with van der Waals surface area (Å²) < 4.78 is 20.5.